The van der Waals surface area contributed by atoms with Crippen molar-refractivity contribution in [3.05, 3.63) is 30.6 Å². The number of carbonyl (C=O) groups is 1. The van der Waals surface area contributed by atoms with Gasteiger partial charge in [-0.2, -0.15) is 5.10 Å². The molecule has 0 aliphatic heterocycles. The molecule has 94 valence electrons. The van der Waals surface area contributed by atoms with Gasteiger partial charge in [-0.1, -0.05) is 6.08 Å². The molecule has 0 spiro atoms. The van der Waals surface area contributed by atoms with E-state index in [4.69, 9.17) is 4.74 Å². The van der Waals surface area contributed by atoms with Crippen molar-refractivity contribution in [3.63, 3.8) is 0 Å². The van der Waals surface area contributed by atoms with Crippen LogP contribution in [0.2, 0.25) is 0 Å². The Labute approximate surface area is 101 Å². The minimum atomic E-state index is -0.286. The van der Waals surface area contributed by atoms with Crippen LogP contribution in [-0.4, -0.2) is 35.4 Å². The second-order valence-electron chi connectivity index (χ2n) is 3.48. The predicted molar refractivity (Wildman–Crippen MR) is 65.5 cm³/mol. The molecule has 0 saturated carbocycles. The summed E-state index contributed by atoms with van der Waals surface area (Å²) >= 11 is 0. The highest BCUT2D eigenvalue weighted by Gasteiger charge is 1.92. The van der Waals surface area contributed by atoms with E-state index in [-0.39, 0.29) is 5.97 Å². The molecule has 0 radical (unpaired) electrons. The second-order valence-corrected chi connectivity index (χ2v) is 3.48. The van der Waals surface area contributed by atoms with E-state index in [9.17, 15) is 4.79 Å². The first-order valence-electron chi connectivity index (χ1n) is 5.84. The van der Waals surface area contributed by atoms with Gasteiger partial charge in [0.2, 0.25) is 0 Å². The Bertz CT molecular complexity index is 334. The molecule has 5 heteroatoms. The summed E-state index contributed by atoms with van der Waals surface area (Å²) < 4.78 is 6.65. The van der Waals surface area contributed by atoms with Gasteiger partial charge < -0.3 is 10.1 Å². The molecule has 0 fully saturated rings. The fourth-order valence-electron chi connectivity index (χ4n) is 1.33. The molecule has 1 aromatic rings. The molecule has 1 heterocycles. The number of aryl methyl sites for hydroxylation is 1. The summed E-state index contributed by atoms with van der Waals surface area (Å²) in [4.78, 5) is 10.9. The van der Waals surface area contributed by atoms with Gasteiger partial charge in [0.1, 0.15) is 0 Å². The van der Waals surface area contributed by atoms with Crippen molar-refractivity contribution in [1.29, 1.82) is 0 Å². The average Bonchev–Trinajstić information content (AvgIpc) is 2.81. The quantitative estimate of drug-likeness (QED) is 0.416. The summed E-state index contributed by atoms with van der Waals surface area (Å²) in [6.45, 7) is 4.69. The molecule has 0 saturated heterocycles. The lowest BCUT2D eigenvalue weighted by atomic mass is 10.4. The highest BCUT2D eigenvalue weighted by Crippen LogP contribution is 1.87. The number of nitrogens with one attached hydrogen (secondary N) is 1. The van der Waals surface area contributed by atoms with Crippen LogP contribution in [0.1, 0.15) is 13.3 Å². The van der Waals surface area contributed by atoms with Crippen LogP contribution in [0.3, 0.4) is 0 Å². The molecule has 17 heavy (non-hydrogen) atoms. The maximum absolute atomic E-state index is 10.9. The van der Waals surface area contributed by atoms with Gasteiger partial charge >= 0.3 is 5.97 Å². The van der Waals surface area contributed by atoms with Crippen molar-refractivity contribution in [2.45, 2.75) is 19.9 Å². The molecule has 0 atom stereocenters. The number of hydrogen-bond donors (Lipinski definition) is 1. The molecular weight excluding hydrogens is 218 g/mol. The molecule has 1 rings (SSSR count). The summed E-state index contributed by atoms with van der Waals surface area (Å²) in [5.74, 6) is -0.286. The van der Waals surface area contributed by atoms with Crippen molar-refractivity contribution in [2.24, 2.45) is 0 Å². The third-order valence-electron chi connectivity index (χ3n) is 2.10. The van der Waals surface area contributed by atoms with Crippen LogP contribution >= 0.6 is 0 Å². The Morgan fingerprint density at radius 3 is 3.18 bits per heavy atom. The van der Waals surface area contributed by atoms with Crippen LogP contribution in [0.5, 0.6) is 0 Å². The van der Waals surface area contributed by atoms with Gasteiger partial charge in [-0.05, 0) is 26.0 Å². The zero-order valence-electron chi connectivity index (χ0n) is 10.1. The summed E-state index contributed by atoms with van der Waals surface area (Å²) in [7, 11) is 0. The minimum Gasteiger partial charge on any atom is -0.463 e. The average molecular weight is 237 g/mol. The van der Waals surface area contributed by atoms with E-state index >= 15 is 0 Å². The van der Waals surface area contributed by atoms with E-state index in [1.165, 1.54) is 6.08 Å². The Balaban J connectivity index is 1.96. The number of ether oxygens (including phenoxy) is 1. The summed E-state index contributed by atoms with van der Waals surface area (Å²) in [5.41, 5.74) is 0. The van der Waals surface area contributed by atoms with Crippen molar-refractivity contribution in [2.75, 3.05) is 19.7 Å². The van der Waals surface area contributed by atoms with E-state index < -0.39 is 0 Å². The number of rotatable bonds is 8. The molecular formula is C12H19N3O2. The lowest BCUT2D eigenvalue weighted by Crippen LogP contribution is -2.17. The van der Waals surface area contributed by atoms with Gasteiger partial charge in [0.15, 0.2) is 0 Å². The third kappa shape index (κ3) is 6.52. The Morgan fingerprint density at radius 1 is 1.59 bits per heavy atom. The molecule has 1 aromatic heterocycles. The predicted octanol–water partition coefficient (Wildman–Crippen LogP) is 0.982. The molecule has 1 N–H and O–H groups in total. The molecule has 0 bridgehead atoms. The van der Waals surface area contributed by atoms with Gasteiger partial charge in [-0.15, -0.1) is 0 Å². The van der Waals surface area contributed by atoms with Crippen LogP contribution in [0.25, 0.3) is 0 Å². The molecule has 5 nitrogen and oxygen atoms in total. The van der Waals surface area contributed by atoms with E-state index in [2.05, 4.69) is 10.4 Å². The SMILES string of the molecule is CCOC(=O)/C=C/CNCCCn1cccn1. The highest BCUT2D eigenvalue weighted by molar-refractivity contribution is 5.81. The monoisotopic (exact) mass is 237 g/mol. The molecule has 0 aliphatic carbocycles. The number of hydrogen-bond acceptors (Lipinski definition) is 4. The minimum absolute atomic E-state index is 0.286. The normalized spacial score (nSPS) is 10.9. The smallest absolute Gasteiger partial charge is 0.330 e. The topological polar surface area (TPSA) is 56.1 Å². The Kier molecular flexibility index (Phi) is 6.74. The zero-order valence-corrected chi connectivity index (χ0v) is 10.1. The van der Waals surface area contributed by atoms with E-state index in [0.717, 1.165) is 19.5 Å². The molecule has 0 aromatic carbocycles. The first-order chi connectivity index (χ1) is 8.33. The lowest BCUT2D eigenvalue weighted by Gasteiger charge is -2.02. The van der Waals surface area contributed by atoms with Crippen LogP contribution in [-0.2, 0) is 16.1 Å². The highest BCUT2D eigenvalue weighted by atomic mass is 16.5. The van der Waals surface area contributed by atoms with Crippen molar-refractivity contribution in [1.82, 2.24) is 15.1 Å². The van der Waals surface area contributed by atoms with Gasteiger partial charge in [0, 0.05) is 31.6 Å². The van der Waals surface area contributed by atoms with E-state index in [0.29, 0.717) is 13.2 Å². The maximum Gasteiger partial charge on any atom is 0.330 e. The van der Waals surface area contributed by atoms with Crippen LogP contribution in [0, 0.1) is 0 Å². The van der Waals surface area contributed by atoms with Gasteiger partial charge in [0.05, 0.1) is 6.61 Å². The molecule has 0 unspecified atom stereocenters. The van der Waals surface area contributed by atoms with Crippen LogP contribution < -0.4 is 5.32 Å². The summed E-state index contributed by atoms with van der Waals surface area (Å²) in [6, 6.07) is 1.91. The first-order valence-corrected chi connectivity index (χ1v) is 5.84. The Hall–Kier alpha value is -1.62. The molecule has 0 aliphatic rings. The number of aromatic nitrogens is 2. The van der Waals surface area contributed by atoms with Crippen LogP contribution in [0.15, 0.2) is 30.6 Å². The summed E-state index contributed by atoms with van der Waals surface area (Å²) in [5, 5.41) is 7.32. The number of esters is 1. The van der Waals surface area contributed by atoms with Crippen molar-refractivity contribution in [3.8, 4) is 0 Å². The number of nitrogens with zero attached hydrogens (tertiary/aromatic N) is 2. The van der Waals surface area contributed by atoms with Crippen molar-refractivity contribution >= 4 is 5.97 Å². The van der Waals surface area contributed by atoms with Gasteiger partial charge in [-0.25, -0.2) is 4.79 Å². The fourth-order valence-corrected chi connectivity index (χ4v) is 1.33. The van der Waals surface area contributed by atoms with E-state index in [1.54, 1.807) is 19.2 Å². The molecule has 0 amide bonds. The van der Waals surface area contributed by atoms with E-state index in [1.807, 2.05) is 16.9 Å². The third-order valence-corrected chi connectivity index (χ3v) is 2.10. The fraction of sp³-hybridized carbons (Fsp3) is 0.500. The number of carbonyl (C=O) groups excluding carboxylic acids is 1. The summed E-state index contributed by atoms with van der Waals surface area (Å²) in [6.07, 6.45) is 7.95. The van der Waals surface area contributed by atoms with Gasteiger partial charge in [-0.3, -0.25) is 4.68 Å². The second kappa shape index (κ2) is 8.52. The largest absolute Gasteiger partial charge is 0.463 e. The maximum atomic E-state index is 10.9. The Morgan fingerprint density at radius 2 is 2.47 bits per heavy atom. The zero-order chi connectivity index (χ0) is 12.3. The standard InChI is InChI=1S/C12H19N3O2/c1-2-17-12(16)6-3-7-13-8-4-10-15-11-5-9-14-15/h3,5-6,9,11,13H,2,4,7-8,10H2,1H3/b6-3+. The van der Waals surface area contributed by atoms with Crippen molar-refractivity contribution < 1.29 is 9.53 Å². The van der Waals surface area contributed by atoms with Gasteiger partial charge in [0.25, 0.3) is 0 Å². The van der Waals surface area contributed by atoms with Crippen LogP contribution in [0.4, 0.5) is 0 Å². The lowest BCUT2D eigenvalue weighted by molar-refractivity contribution is -0.137. The first kappa shape index (κ1) is 13.4.